The minimum Gasteiger partial charge on any atom is -0.381 e. The molecule has 1 aliphatic heterocycles. The number of rotatable bonds is 4. The molecule has 0 atom stereocenters. The van der Waals surface area contributed by atoms with E-state index in [4.69, 9.17) is 0 Å². The van der Waals surface area contributed by atoms with Gasteiger partial charge in [-0.05, 0) is 29.3 Å². The predicted molar refractivity (Wildman–Crippen MR) is 92.3 cm³/mol. The maximum absolute atomic E-state index is 11.5. The number of carbonyl (C=O) groups is 1. The maximum atomic E-state index is 11.5. The molecule has 5 heteroatoms. The van der Waals surface area contributed by atoms with Gasteiger partial charge in [0.15, 0.2) is 0 Å². The van der Waals surface area contributed by atoms with E-state index in [1.165, 1.54) is 11.1 Å². The number of hydrogen-bond acceptors (Lipinski definition) is 4. The molecule has 1 amide bonds. The Balaban J connectivity index is 1.71. The number of nitrogens with one attached hydrogen (secondary N) is 1. The monoisotopic (exact) mass is 310 g/mol. The summed E-state index contributed by atoms with van der Waals surface area (Å²) in [6.45, 7) is 3.77. The Morgan fingerprint density at radius 2 is 2.04 bits per heavy atom. The van der Waals surface area contributed by atoms with Crippen LogP contribution >= 0.6 is 0 Å². The zero-order valence-corrected chi connectivity index (χ0v) is 13.8. The van der Waals surface area contributed by atoms with Crippen molar-refractivity contribution in [3.63, 3.8) is 0 Å². The van der Waals surface area contributed by atoms with Crippen LogP contribution in [0.15, 0.2) is 36.5 Å². The molecule has 1 N–H and O–H groups in total. The number of aromatic nitrogens is 1. The first kappa shape index (κ1) is 15.3. The zero-order chi connectivity index (χ0) is 16.4. The van der Waals surface area contributed by atoms with E-state index in [9.17, 15) is 4.79 Å². The predicted octanol–water partition coefficient (Wildman–Crippen LogP) is 2.62. The van der Waals surface area contributed by atoms with Gasteiger partial charge < -0.3 is 15.1 Å². The summed E-state index contributed by atoms with van der Waals surface area (Å²) in [4.78, 5) is 19.8. The van der Waals surface area contributed by atoms with E-state index in [0.29, 0.717) is 6.54 Å². The van der Waals surface area contributed by atoms with Gasteiger partial charge in [0, 0.05) is 58.1 Å². The number of anilines is 2. The van der Waals surface area contributed by atoms with Crippen LogP contribution in [-0.2, 0) is 24.4 Å². The lowest BCUT2D eigenvalue weighted by Gasteiger charge is -2.16. The lowest BCUT2D eigenvalue weighted by atomic mass is 10.1. The molecule has 2 aromatic rings. The van der Waals surface area contributed by atoms with Gasteiger partial charge in [0.2, 0.25) is 5.91 Å². The smallest absolute Gasteiger partial charge is 0.220 e. The molecule has 3 rings (SSSR count). The van der Waals surface area contributed by atoms with Crippen LogP contribution in [0.3, 0.4) is 0 Å². The van der Waals surface area contributed by atoms with Crippen molar-refractivity contribution in [2.24, 2.45) is 0 Å². The SMILES string of the molecule is CC(=O)N1Cc2ccc(NCc3cccnc3N(C)C)cc2C1. The molecule has 0 spiro atoms. The van der Waals surface area contributed by atoms with Crippen molar-refractivity contribution < 1.29 is 4.79 Å². The molecule has 0 saturated carbocycles. The van der Waals surface area contributed by atoms with Crippen molar-refractivity contribution in [3.8, 4) is 0 Å². The van der Waals surface area contributed by atoms with E-state index < -0.39 is 0 Å². The summed E-state index contributed by atoms with van der Waals surface area (Å²) in [7, 11) is 4.00. The van der Waals surface area contributed by atoms with Crippen LogP contribution in [-0.4, -0.2) is 29.9 Å². The normalized spacial score (nSPS) is 12.9. The first-order valence-electron chi connectivity index (χ1n) is 7.77. The largest absolute Gasteiger partial charge is 0.381 e. The maximum Gasteiger partial charge on any atom is 0.220 e. The molecule has 1 aromatic carbocycles. The lowest BCUT2D eigenvalue weighted by molar-refractivity contribution is -0.129. The van der Waals surface area contributed by atoms with Gasteiger partial charge in [-0.25, -0.2) is 4.98 Å². The number of nitrogens with zero attached hydrogens (tertiary/aromatic N) is 3. The zero-order valence-electron chi connectivity index (χ0n) is 13.8. The number of benzene rings is 1. The van der Waals surface area contributed by atoms with Crippen molar-refractivity contribution in [2.75, 3.05) is 24.3 Å². The van der Waals surface area contributed by atoms with Gasteiger partial charge in [0.1, 0.15) is 5.82 Å². The van der Waals surface area contributed by atoms with Crippen molar-refractivity contribution in [3.05, 3.63) is 53.2 Å². The van der Waals surface area contributed by atoms with Gasteiger partial charge in [-0.2, -0.15) is 0 Å². The number of hydrogen-bond donors (Lipinski definition) is 1. The number of pyridine rings is 1. The highest BCUT2D eigenvalue weighted by Crippen LogP contribution is 2.26. The summed E-state index contributed by atoms with van der Waals surface area (Å²) >= 11 is 0. The Kier molecular flexibility index (Phi) is 4.19. The Labute approximate surface area is 136 Å². The van der Waals surface area contributed by atoms with Crippen LogP contribution < -0.4 is 10.2 Å². The summed E-state index contributed by atoms with van der Waals surface area (Å²) in [5.41, 5.74) is 4.69. The number of amides is 1. The van der Waals surface area contributed by atoms with E-state index in [0.717, 1.165) is 30.2 Å². The molecule has 23 heavy (non-hydrogen) atoms. The molecule has 5 nitrogen and oxygen atoms in total. The fourth-order valence-corrected chi connectivity index (χ4v) is 2.90. The molecule has 120 valence electrons. The third kappa shape index (κ3) is 3.28. The first-order valence-corrected chi connectivity index (χ1v) is 7.77. The summed E-state index contributed by atoms with van der Waals surface area (Å²) in [6, 6.07) is 10.4. The molecule has 0 aliphatic carbocycles. The minimum absolute atomic E-state index is 0.127. The molecule has 0 radical (unpaired) electrons. The Morgan fingerprint density at radius 1 is 1.26 bits per heavy atom. The van der Waals surface area contributed by atoms with Crippen LogP contribution in [0.4, 0.5) is 11.5 Å². The molecule has 1 aromatic heterocycles. The molecule has 0 unspecified atom stereocenters. The highest BCUT2D eigenvalue weighted by atomic mass is 16.2. The molecule has 0 fully saturated rings. The van der Waals surface area contributed by atoms with E-state index in [1.807, 2.05) is 36.2 Å². The van der Waals surface area contributed by atoms with Crippen molar-refractivity contribution >= 4 is 17.4 Å². The van der Waals surface area contributed by atoms with Crippen molar-refractivity contribution in [1.82, 2.24) is 9.88 Å². The van der Waals surface area contributed by atoms with Gasteiger partial charge in [-0.15, -0.1) is 0 Å². The van der Waals surface area contributed by atoms with E-state index in [-0.39, 0.29) is 5.91 Å². The molecule has 0 bridgehead atoms. The second kappa shape index (κ2) is 6.28. The third-order valence-corrected chi connectivity index (χ3v) is 4.15. The topological polar surface area (TPSA) is 48.5 Å². The van der Waals surface area contributed by atoms with Crippen LogP contribution in [0.5, 0.6) is 0 Å². The van der Waals surface area contributed by atoms with E-state index in [2.05, 4.69) is 34.6 Å². The van der Waals surface area contributed by atoms with Gasteiger partial charge in [-0.1, -0.05) is 12.1 Å². The summed E-state index contributed by atoms with van der Waals surface area (Å²) < 4.78 is 0. The van der Waals surface area contributed by atoms with Gasteiger partial charge in [0.25, 0.3) is 0 Å². The average molecular weight is 310 g/mol. The summed E-state index contributed by atoms with van der Waals surface area (Å²) in [5, 5.41) is 3.46. The van der Waals surface area contributed by atoms with E-state index >= 15 is 0 Å². The van der Waals surface area contributed by atoms with Crippen LogP contribution in [0, 0.1) is 0 Å². The molecular weight excluding hydrogens is 288 g/mol. The second-order valence-electron chi connectivity index (χ2n) is 6.09. The fraction of sp³-hybridized carbons (Fsp3) is 0.333. The molecule has 0 saturated heterocycles. The highest BCUT2D eigenvalue weighted by Gasteiger charge is 2.20. The van der Waals surface area contributed by atoms with Crippen LogP contribution in [0.1, 0.15) is 23.6 Å². The van der Waals surface area contributed by atoms with Gasteiger partial charge >= 0.3 is 0 Å². The van der Waals surface area contributed by atoms with Crippen molar-refractivity contribution in [2.45, 2.75) is 26.6 Å². The van der Waals surface area contributed by atoms with Crippen molar-refractivity contribution in [1.29, 1.82) is 0 Å². The van der Waals surface area contributed by atoms with Crippen LogP contribution in [0.2, 0.25) is 0 Å². The van der Waals surface area contributed by atoms with Gasteiger partial charge in [-0.3, -0.25) is 4.79 Å². The standard InChI is InChI=1S/C18H22N4O/c1-13(23)22-11-15-6-7-17(9-16(15)12-22)20-10-14-5-4-8-19-18(14)21(2)3/h4-9,20H,10-12H2,1-3H3. The Morgan fingerprint density at radius 3 is 2.78 bits per heavy atom. The number of fused-ring (bicyclic) bond motifs is 1. The first-order chi connectivity index (χ1) is 11.0. The fourth-order valence-electron chi connectivity index (χ4n) is 2.90. The quantitative estimate of drug-likeness (QED) is 0.943. The van der Waals surface area contributed by atoms with Gasteiger partial charge in [0.05, 0.1) is 0 Å². The number of carbonyl (C=O) groups excluding carboxylic acids is 1. The second-order valence-corrected chi connectivity index (χ2v) is 6.09. The molecule has 2 heterocycles. The van der Waals surface area contributed by atoms with Crippen LogP contribution in [0.25, 0.3) is 0 Å². The average Bonchev–Trinajstić information content (AvgIpc) is 2.96. The third-order valence-electron chi connectivity index (χ3n) is 4.15. The van der Waals surface area contributed by atoms with E-state index in [1.54, 1.807) is 6.92 Å². The summed E-state index contributed by atoms with van der Waals surface area (Å²) in [6.07, 6.45) is 1.81. The lowest BCUT2D eigenvalue weighted by Crippen LogP contribution is -2.21. The Hall–Kier alpha value is -2.56. The molecular formula is C18H22N4O. The Bertz CT molecular complexity index is 727. The summed E-state index contributed by atoms with van der Waals surface area (Å²) in [5.74, 6) is 1.10. The minimum atomic E-state index is 0.127. The molecule has 1 aliphatic rings. The highest BCUT2D eigenvalue weighted by molar-refractivity contribution is 5.74.